The molecule has 0 amide bonds. The minimum absolute atomic E-state index is 0.218. The molecule has 0 spiro atoms. The average Bonchev–Trinajstić information content (AvgIpc) is 3.31. The van der Waals surface area contributed by atoms with Gasteiger partial charge in [0.2, 0.25) is 6.79 Å². The summed E-state index contributed by atoms with van der Waals surface area (Å²) in [5, 5.41) is 13.0. The summed E-state index contributed by atoms with van der Waals surface area (Å²) in [6.45, 7) is 2.27. The van der Waals surface area contributed by atoms with E-state index < -0.39 is 5.97 Å². The Morgan fingerprint density at radius 3 is 2.62 bits per heavy atom. The van der Waals surface area contributed by atoms with Gasteiger partial charge in [0.1, 0.15) is 19.6 Å². The first-order chi connectivity index (χ1) is 16.7. The van der Waals surface area contributed by atoms with Gasteiger partial charge in [0.05, 0.1) is 17.2 Å². The Balaban J connectivity index is 1.51. The number of hydrogen-bond donors (Lipinski definition) is 1. The van der Waals surface area contributed by atoms with Crippen molar-refractivity contribution >= 4 is 28.5 Å². The van der Waals surface area contributed by atoms with Gasteiger partial charge in [-0.05, 0) is 29.8 Å². The Hall–Kier alpha value is -4.16. The number of nitrogens with one attached hydrogen (secondary N) is 1. The zero-order valence-electron chi connectivity index (χ0n) is 18.4. The highest BCUT2D eigenvalue weighted by atomic mass is 16.7. The smallest absolute Gasteiger partial charge is 0.231 e. The van der Waals surface area contributed by atoms with Crippen LogP contribution in [0.4, 0.5) is 0 Å². The van der Waals surface area contributed by atoms with Crippen molar-refractivity contribution in [2.75, 3.05) is 13.3 Å². The number of ether oxygens (including phenoxy) is 2. The third-order valence-electron chi connectivity index (χ3n) is 6.40. The third kappa shape index (κ3) is 3.68. The van der Waals surface area contributed by atoms with Gasteiger partial charge in [-0.25, -0.2) is 4.98 Å². The number of benzene rings is 3. The predicted molar refractivity (Wildman–Crippen MR) is 126 cm³/mol. The number of para-hydroxylation sites is 1. The SMILES string of the molecule is O=C([O-])c1c2c(nc3ccccc13)/C(=C/c1ccc3c(c1)OCO3)C[NH+](Cc1ccccc1)C2. The van der Waals surface area contributed by atoms with Crippen molar-refractivity contribution in [3.8, 4) is 11.5 Å². The van der Waals surface area contributed by atoms with Gasteiger partial charge >= 0.3 is 0 Å². The van der Waals surface area contributed by atoms with E-state index in [1.54, 1.807) is 6.07 Å². The summed E-state index contributed by atoms with van der Waals surface area (Å²) in [5.41, 5.74) is 5.49. The molecule has 6 heteroatoms. The molecule has 0 radical (unpaired) electrons. The van der Waals surface area contributed by atoms with E-state index in [1.807, 2.05) is 54.6 Å². The van der Waals surface area contributed by atoms with Gasteiger partial charge in [-0.15, -0.1) is 0 Å². The Kier molecular flexibility index (Phi) is 5.00. The summed E-state index contributed by atoms with van der Waals surface area (Å²) < 4.78 is 11.0. The first-order valence-corrected chi connectivity index (χ1v) is 11.3. The number of carbonyl (C=O) groups excluding carboxylic acids is 1. The molecule has 2 aliphatic rings. The molecule has 6 rings (SSSR count). The van der Waals surface area contributed by atoms with Crippen LogP contribution in [0.1, 0.15) is 32.7 Å². The Labute approximate surface area is 196 Å². The normalized spacial score (nSPS) is 17.6. The summed E-state index contributed by atoms with van der Waals surface area (Å²) in [6, 6.07) is 23.4. The lowest BCUT2D eigenvalue weighted by atomic mass is 9.91. The first-order valence-electron chi connectivity index (χ1n) is 11.3. The van der Waals surface area contributed by atoms with Crippen molar-refractivity contribution in [3.63, 3.8) is 0 Å². The first kappa shape index (κ1) is 20.4. The van der Waals surface area contributed by atoms with E-state index in [0.717, 1.165) is 34.7 Å². The zero-order chi connectivity index (χ0) is 23.1. The molecule has 168 valence electrons. The second-order valence-corrected chi connectivity index (χ2v) is 8.67. The molecule has 2 aliphatic heterocycles. The molecule has 3 aromatic carbocycles. The number of rotatable bonds is 4. The van der Waals surface area contributed by atoms with Gasteiger partial charge in [-0.2, -0.15) is 0 Å². The van der Waals surface area contributed by atoms with Crippen LogP contribution in [0.15, 0.2) is 72.8 Å². The maximum absolute atomic E-state index is 12.3. The van der Waals surface area contributed by atoms with E-state index in [2.05, 4.69) is 18.2 Å². The fourth-order valence-corrected chi connectivity index (χ4v) is 4.92. The number of quaternary nitrogens is 1. The molecule has 4 aromatic rings. The molecular formula is C28H22N2O4. The van der Waals surface area contributed by atoms with Crippen molar-refractivity contribution in [3.05, 3.63) is 101 Å². The topological polar surface area (TPSA) is 75.9 Å². The van der Waals surface area contributed by atoms with Crippen molar-refractivity contribution in [2.24, 2.45) is 0 Å². The number of aromatic nitrogens is 1. The number of aromatic carboxylic acids is 1. The number of pyridine rings is 1. The fourth-order valence-electron chi connectivity index (χ4n) is 4.92. The number of carboxylic acids is 1. The average molecular weight is 450 g/mol. The second-order valence-electron chi connectivity index (χ2n) is 8.67. The number of carboxylic acid groups (broad SMARTS) is 1. The number of carbonyl (C=O) groups is 1. The van der Waals surface area contributed by atoms with Crippen molar-refractivity contribution in [2.45, 2.75) is 13.1 Å². The van der Waals surface area contributed by atoms with Crippen LogP contribution < -0.4 is 19.5 Å². The number of nitrogens with zero attached hydrogens (tertiary/aromatic N) is 1. The molecule has 1 aromatic heterocycles. The molecule has 1 atom stereocenters. The van der Waals surface area contributed by atoms with E-state index >= 15 is 0 Å². The van der Waals surface area contributed by atoms with Gasteiger partial charge in [-0.1, -0.05) is 54.6 Å². The molecule has 6 nitrogen and oxygen atoms in total. The summed E-state index contributed by atoms with van der Waals surface area (Å²) in [6.07, 6.45) is 2.08. The van der Waals surface area contributed by atoms with Gasteiger partial charge in [0, 0.05) is 27.6 Å². The summed E-state index contributed by atoms with van der Waals surface area (Å²) in [5.74, 6) is 0.268. The lowest BCUT2D eigenvalue weighted by Gasteiger charge is -2.30. The van der Waals surface area contributed by atoms with Gasteiger partial charge in [0.15, 0.2) is 11.5 Å². The number of hydrogen-bond acceptors (Lipinski definition) is 5. The van der Waals surface area contributed by atoms with Crippen molar-refractivity contribution < 1.29 is 24.3 Å². The molecule has 0 fully saturated rings. The maximum Gasteiger partial charge on any atom is 0.231 e. The van der Waals surface area contributed by atoms with Crippen molar-refractivity contribution in [1.29, 1.82) is 0 Å². The molecule has 3 heterocycles. The third-order valence-corrected chi connectivity index (χ3v) is 6.40. The Morgan fingerprint density at radius 2 is 1.76 bits per heavy atom. The van der Waals surface area contributed by atoms with E-state index in [1.165, 1.54) is 10.5 Å². The van der Waals surface area contributed by atoms with E-state index in [-0.39, 0.29) is 12.4 Å². The second kappa shape index (κ2) is 8.32. The van der Waals surface area contributed by atoms with Crippen molar-refractivity contribution in [1.82, 2.24) is 4.98 Å². The van der Waals surface area contributed by atoms with Crippen LogP contribution in [0.3, 0.4) is 0 Å². The van der Waals surface area contributed by atoms with E-state index in [0.29, 0.717) is 29.7 Å². The molecule has 34 heavy (non-hydrogen) atoms. The lowest BCUT2D eigenvalue weighted by molar-refractivity contribution is -0.921. The molecule has 0 bridgehead atoms. The summed E-state index contributed by atoms with van der Waals surface area (Å²) in [4.78, 5) is 18.5. The summed E-state index contributed by atoms with van der Waals surface area (Å²) >= 11 is 0. The van der Waals surface area contributed by atoms with E-state index in [4.69, 9.17) is 14.5 Å². The maximum atomic E-state index is 12.3. The minimum atomic E-state index is -1.17. The molecular weight excluding hydrogens is 428 g/mol. The molecule has 0 aliphatic carbocycles. The van der Waals surface area contributed by atoms with Gasteiger partial charge in [-0.3, -0.25) is 0 Å². The van der Waals surface area contributed by atoms with Gasteiger partial charge < -0.3 is 24.3 Å². The standard InChI is InChI=1S/C28H22N2O4/c31-28(32)26-21-8-4-5-9-23(21)29-27-20(12-19-10-11-24-25(13-19)34-17-33-24)15-30(16-22(26)27)14-18-6-2-1-3-7-18/h1-13H,14-17H2,(H,31,32)/b20-12+. The van der Waals surface area contributed by atoms with Crippen LogP contribution in [0.25, 0.3) is 22.6 Å². The molecule has 1 N–H and O–H groups in total. The van der Waals surface area contributed by atoms with Crippen LogP contribution in [0, 0.1) is 0 Å². The van der Waals surface area contributed by atoms with Crippen LogP contribution in [0.5, 0.6) is 11.5 Å². The van der Waals surface area contributed by atoms with Crippen LogP contribution in [0.2, 0.25) is 0 Å². The largest absolute Gasteiger partial charge is 0.545 e. The minimum Gasteiger partial charge on any atom is -0.545 e. The number of fused-ring (bicyclic) bond motifs is 3. The Morgan fingerprint density at radius 1 is 0.971 bits per heavy atom. The van der Waals surface area contributed by atoms with Crippen LogP contribution >= 0.6 is 0 Å². The Bertz CT molecular complexity index is 1450. The predicted octanol–water partition coefficient (Wildman–Crippen LogP) is 2.47. The van der Waals surface area contributed by atoms with E-state index in [9.17, 15) is 9.90 Å². The summed E-state index contributed by atoms with van der Waals surface area (Å²) in [7, 11) is 0. The quantitative estimate of drug-likeness (QED) is 0.517. The molecule has 0 saturated carbocycles. The van der Waals surface area contributed by atoms with Gasteiger partial charge in [0.25, 0.3) is 0 Å². The highest BCUT2D eigenvalue weighted by molar-refractivity contribution is 6.05. The molecule has 0 saturated heterocycles. The molecule has 1 unspecified atom stereocenters. The highest BCUT2D eigenvalue weighted by Crippen LogP contribution is 2.35. The lowest BCUT2D eigenvalue weighted by Crippen LogP contribution is -3.10. The fraction of sp³-hybridized carbons (Fsp3) is 0.143. The van der Waals surface area contributed by atoms with Crippen LogP contribution in [-0.2, 0) is 13.1 Å². The zero-order valence-corrected chi connectivity index (χ0v) is 18.4. The monoisotopic (exact) mass is 450 g/mol. The van der Waals surface area contributed by atoms with Crippen LogP contribution in [-0.4, -0.2) is 24.3 Å². The highest BCUT2D eigenvalue weighted by Gasteiger charge is 2.29.